The van der Waals surface area contributed by atoms with Gasteiger partial charge in [-0.05, 0) is 31.5 Å². The molecule has 3 rings (SSSR count). The van der Waals surface area contributed by atoms with Gasteiger partial charge in [0.2, 0.25) is 5.91 Å². The fraction of sp³-hybridized carbons (Fsp3) is 0.357. The Morgan fingerprint density at radius 3 is 2.95 bits per heavy atom. The molecule has 0 unspecified atom stereocenters. The minimum absolute atomic E-state index is 0.272. The second kappa shape index (κ2) is 5.33. The van der Waals surface area contributed by atoms with Gasteiger partial charge in [0.1, 0.15) is 5.75 Å². The van der Waals surface area contributed by atoms with Crippen molar-refractivity contribution in [2.75, 3.05) is 11.9 Å². The predicted octanol–water partition coefficient (Wildman–Crippen LogP) is 2.35. The molecule has 0 bridgehead atoms. The minimum Gasteiger partial charge on any atom is -0.494 e. The van der Waals surface area contributed by atoms with Crippen molar-refractivity contribution in [1.82, 2.24) is 4.98 Å². The molecule has 1 aromatic heterocycles. The molecule has 2 aromatic rings. The van der Waals surface area contributed by atoms with E-state index in [2.05, 4.69) is 10.3 Å². The molecule has 0 saturated heterocycles. The van der Waals surface area contributed by atoms with Crippen molar-refractivity contribution in [2.24, 2.45) is 11.8 Å². The van der Waals surface area contributed by atoms with Crippen LogP contribution in [0.15, 0.2) is 18.2 Å². The molecule has 0 radical (unpaired) electrons. The van der Waals surface area contributed by atoms with Gasteiger partial charge in [-0.1, -0.05) is 11.3 Å². The van der Waals surface area contributed by atoms with E-state index in [1.54, 1.807) is 0 Å². The number of amides is 1. The van der Waals surface area contributed by atoms with Crippen molar-refractivity contribution in [1.29, 1.82) is 0 Å². The Balaban J connectivity index is 1.73. The Hall–Kier alpha value is -2.15. The fourth-order valence-corrected chi connectivity index (χ4v) is 3.07. The number of rotatable bonds is 5. The molecule has 2 N–H and O–H groups in total. The van der Waals surface area contributed by atoms with Gasteiger partial charge in [-0.25, -0.2) is 4.98 Å². The maximum absolute atomic E-state index is 11.9. The lowest BCUT2D eigenvalue weighted by atomic mass is 10.3. The highest BCUT2D eigenvalue weighted by Gasteiger charge is 2.48. The third-order valence-corrected chi connectivity index (χ3v) is 4.28. The Labute approximate surface area is 124 Å². The number of ether oxygens (including phenoxy) is 1. The number of nitrogens with one attached hydrogen (secondary N) is 1. The highest BCUT2D eigenvalue weighted by atomic mass is 32.1. The summed E-state index contributed by atoms with van der Waals surface area (Å²) in [6.07, 6.45) is 0.403. The summed E-state index contributed by atoms with van der Waals surface area (Å²) in [7, 11) is 0. The van der Waals surface area contributed by atoms with Gasteiger partial charge >= 0.3 is 5.97 Å². The molecule has 21 heavy (non-hydrogen) atoms. The third kappa shape index (κ3) is 2.82. The fourth-order valence-electron chi connectivity index (χ4n) is 2.17. The summed E-state index contributed by atoms with van der Waals surface area (Å²) < 4.78 is 6.34. The van der Waals surface area contributed by atoms with E-state index >= 15 is 0 Å². The van der Waals surface area contributed by atoms with E-state index in [0.29, 0.717) is 18.2 Å². The second-order valence-corrected chi connectivity index (χ2v) is 5.89. The van der Waals surface area contributed by atoms with Crippen LogP contribution in [0.5, 0.6) is 5.75 Å². The molecule has 7 heteroatoms. The Kier molecular flexibility index (Phi) is 3.50. The van der Waals surface area contributed by atoms with Crippen LogP contribution in [0.2, 0.25) is 0 Å². The molecule has 1 aromatic carbocycles. The molecule has 1 heterocycles. The van der Waals surface area contributed by atoms with Crippen LogP contribution in [0.1, 0.15) is 13.3 Å². The number of fused-ring (bicyclic) bond motifs is 1. The van der Waals surface area contributed by atoms with E-state index in [1.165, 1.54) is 11.3 Å². The number of carboxylic acids is 1. The molecular weight excluding hydrogens is 292 g/mol. The average Bonchev–Trinajstić information content (AvgIpc) is 3.15. The monoisotopic (exact) mass is 306 g/mol. The first-order valence-electron chi connectivity index (χ1n) is 6.65. The van der Waals surface area contributed by atoms with Crippen LogP contribution in [-0.2, 0) is 9.59 Å². The van der Waals surface area contributed by atoms with Crippen LogP contribution in [0, 0.1) is 11.8 Å². The van der Waals surface area contributed by atoms with Gasteiger partial charge in [0.25, 0.3) is 0 Å². The zero-order valence-electron chi connectivity index (χ0n) is 11.3. The van der Waals surface area contributed by atoms with Crippen molar-refractivity contribution in [2.45, 2.75) is 13.3 Å². The van der Waals surface area contributed by atoms with E-state index < -0.39 is 17.8 Å². The quantitative estimate of drug-likeness (QED) is 0.885. The van der Waals surface area contributed by atoms with Gasteiger partial charge in [0.15, 0.2) is 5.13 Å². The highest BCUT2D eigenvalue weighted by Crippen LogP contribution is 2.40. The Morgan fingerprint density at radius 1 is 1.48 bits per heavy atom. The van der Waals surface area contributed by atoms with E-state index in [9.17, 15) is 9.59 Å². The lowest BCUT2D eigenvalue weighted by Crippen LogP contribution is -2.16. The number of hydrogen-bond donors (Lipinski definition) is 2. The number of benzene rings is 1. The van der Waals surface area contributed by atoms with Crippen LogP contribution in [0.3, 0.4) is 0 Å². The first-order chi connectivity index (χ1) is 10.1. The number of aromatic nitrogens is 1. The van der Waals surface area contributed by atoms with Crippen LogP contribution >= 0.6 is 11.3 Å². The van der Waals surface area contributed by atoms with Gasteiger partial charge in [-0.3, -0.25) is 9.59 Å². The summed E-state index contributed by atoms with van der Waals surface area (Å²) in [5.41, 5.74) is 0.782. The number of carbonyl (C=O) groups excluding carboxylic acids is 1. The second-order valence-electron chi connectivity index (χ2n) is 4.86. The first kappa shape index (κ1) is 13.8. The normalized spacial score (nSPS) is 20.2. The van der Waals surface area contributed by atoms with Crippen molar-refractivity contribution in [3.63, 3.8) is 0 Å². The molecule has 6 nitrogen and oxygen atoms in total. The van der Waals surface area contributed by atoms with Crippen molar-refractivity contribution in [3.05, 3.63) is 18.2 Å². The average molecular weight is 306 g/mol. The van der Waals surface area contributed by atoms with E-state index in [1.807, 2.05) is 25.1 Å². The van der Waals surface area contributed by atoms with Crippen LogP contribution < -0.4 is 10.1 Å². The first-order valence-corrected chi connectivity index (χ1v) is 7.47. The number of hydrogen-bond acceptors (Lipinski definition) is 5. The topological polar surface area (TPSA) is 88.5 Å². The standard InChI is InChI=1S/C14H14N2O4S/c1-2-20-7-3-4-10-11(5-7)21-14(15-10)16-12(17)8-6-9(8)13(18)19/h3-5,8-9H,2,6H2,1H3,(H,18,19)(H,15,16,17)/t8-,9+/m1/s1. The summed E-state index contributed by atoms with van der Waals surface area (Å²) in [6, 6.07) is 5.55. The molecule has 2 atom stereocenters. The minimum atomic E-state index is -0.916. The molecule has 1 saturated carbocycles. The number of anilines is 1. The number of nitrogens with zero attached hydrogens (tertiary/aromatic N) is 1. The SMILES string of the molecule is CCOc1ccc2nc(NC(=O)[C@@H]3C[C@@H]3C(=O)O)sc2c1. The van der Waals surface area contributed by atoms with E-state index in [0.717, 1.165) is 16.0 Å². The van der Waals surface area contributed by atoms with E-state index in [4.69, 9.17) is 9.84 Å². The lowest BCUT2D eigenvalue weighted by Gasteiger charge is -2.00. The molecule has 1 aliphatic carbocycles. The molecule has 1 amide bonds. The largest absolute Gasteiger partial charge is 0.494 e. The predicted molar refractivity (Wildman–Crippen MR) is 78.7 cm³/mol. The van der Waals surface area contributed by atoms with Gasteiger partial charge in [-0.2, -0.15) is 0 Å². The van der Waals surface area contributed by atoms with E-state index in [-0.39, 0.29) is 5.91 Å². The molecular formula is C14H14N2O4S. The summed E-state index contributed by atoms with van der Waals surface area (Å²) >= 11 is 1.35. The van der Waals surface area contributed by atoms with Crippen LogP contribution in [0.4, 0.5) is 5.13 Å². The Morgan fingerprint density at radius 2 is 2.29 bits per heavy atom. The summed E-state index contributed by atoms with van der Waals surface area (Å²) in [6.45, 7) is 2.50. The van der Waals surface area contributed by atoms with Crippen molar-refractivity contribution < 1.29 is 19.4 Å². The smallest absolute Gasteiger partial charge is 0.307 e. The van der Waals surface area contributed by atoms with Gasteiger partial charge in [0, 0.05) is 0 Å². The van der Waals surface area contributed by atoms with Gasteiger partial charge in [-0.15, -0.1) is 0 Å². The zero-order valence-corrected chi connectivity index (χ0v) is 12.1. The molecule has 1 fully saturated rings. The number of carbonyl (C=O) groups is 2. The third-order valence-electron chi connectivity index (χ3n) is 3.35. The number of carboxylic acid groups (broad SMARTS) is 1. The Bertz CT molecular complexity index is 712. The van der Waals surface area contributed by atoms with Crippen LogP contribution in [-0.4, -0.2) is 28.6 Å². The molecule has 1 aliphatic rings. The number of aliphatic carboxylic acids is 1. The maximum Gasteiger partial charge on any atom is 0.307 e. The lowest BCUT2D eigenvalue weighted by molar-refractivity contribution is -0.139. The summed E-state index contributed by atoms with van der Waals surface area (Å²) in [5, 5.41) is 12.0. The maximum atomic E-state index is 11.9. The molecule has 0 spiro atoms. The molecule has 110 valence electrons. The van der Waals surface area contributed by atoms with Crippen molar-refractivity contribution >= 4 is 38.6 Å². The number of thiazole rings is 1. The molecule has 0 aliphatic heterocycles. The highest BCUT2D eigenvalue weighted by molar-refractivity contribution is 7.22. The zero-order chi connectivity index (χ0) is 15.0. The summed E-state index contributed by atoms with van der Waals surface area (Å²) in [5.74, 6) is -1.41. The van der Waals surface area contributed by atoms with Gasteiger partial charge in [0.05, 0.1) is 28.7 Å². The van der Waals surface area contributed by atoms with Crippen LogP contribution in [0.25, 0.3) is 10.2 Å². The van der Waals surface area contributed by atoms with Gasteiger partial charge < -0.3 is 15.2 Å². The van der Waals surface area contributed by atoms with Crippen molar-refractivity contribution in [3.8, 4) is 5.75 Å². The summed E-state index contributed by atoms with van der Waals surface area (Å²) in [4.78, 5) is 27.0.